The zero-order valence-electron chi connectivity index (χ0n) is 12.5. The van der Waals surface area contributed by atoms with Crippen molar-refractivity contribution >= 4 is 5.82 Å². The molecule has 0 radical (unpaired) electrons. The number of ether oxygens (including phenoxy) is 1. The maximum atomic E-state index is 5.99. The Morgan fingerprint density at radius 1 is 1.50 bits per heavy atom. The average molecular weight is 279 g/mol. The van der Waals surface area contributed by atoms with E-state index in [0.717, 1.165) is 24.2 Å². The first-order chi connectivity index (χ1) is 9.52. The van der Waals surface area contributed by atoms with Crippen LogP contribution in [0.2, 0.25) is 0 Å². The quantitative estimate of drug-likeness (QED) is 0.552. The van der Waals surface area contributed by atoms with Crippen LogP contribution in [0.4, 0.5) is 5.82 Å². The normalized spacial score (nSPS) is 22.1. The highest BCUT2D eigenvalue weighted by Gasteiger charge is 2.31. The first-order valence-electron chi connectivity index (χ1n) is 7.06. The molecule has 1 aliphatic rings. The van der Waals surface area contributed by atoms with Gasteiger partial charge in [0.05, 0.1) is 18.8 Å². The largest absolute Gasteiger partial charge is 0.383 e. The van der Waals surface area contributed by atoms with E-state index in [9.17, 15) is 0 Å². The van der Waals surface area contributed by atoms with Gasteiger partial charge in [0, 0.05) is 30.9 Å². The van der Waals surface area contributed by atoms with Crippen LogP contribution in [0.3, 0.4) is 0 Å². The minimum atomic E-state index is -0.149. The number of anilines is 1. The van der Waals surface area contributed by atoms with Crippen molar-refractivity contribution in [3.05, 3.63) is 23.4 Å². The number of nitrogens with two attached hydrogens (primary N) is 2. The summed E-state index contributed by atoms with van der Waals surface area (Å²) in [5.41, 5.74) is 10.8. The molecule has 2 unspecified atom stereocenters. The predicted molar refractivity (Wildman–Crippen MR) is 79.9 cm³/mol. The molecule has 112 valence electrons. The number of hydrogen-bond acceptors (Lipinski definition) is 6. The predicted octanol–water partition coefficient (Wildman–Crippen LogP) is 0.586. The van der Waals surface area contributed by atoms with Crippen LogP contribution in [0.1, 0.15) is 31.0 Å². The van der Waals surface area contributed by atoms with Crippen LogP contribution in [0.15, 0.2) is 12.3 Å². The first-order valence-corrected chi connectivity index (χ1v) is 7.06. The molecule has 0 spiro atoms. The number of nitrogen functional groups attached to an aromatic ring is 1. The van der Waals surface area contributed by atoms with E-state index < -0.39 is 0 Å². The number of rotatable bonds is 4. The standard InChI is InChI=1S/C14H25N5O/c1-9(2)19-4-5-20-12(8-19)13(18-16)11-6-10(3)7-17-14(11)15/h6-7,9,12-13,18H,4-5,8,16H2,1-3H3,(H2,15,17). The SMILES string of the molecule is Cc1cnc(N)c(C(NN)C2CN(C(C)C)CCO2)c1. The number of hydrogen-bond donors (Lipinski definition) is 3. The molecule has 2 rings (SSSR count). The number of pyridine rings is 1. The van der Waals surface area contributed by atoms with Gasteiger partial charge in [-0.05, 0) is 32.4 Å². The second kappa shape index (κ2) is 6.49. The van der Waals surface area contributed by atoms with E-state index in [1.165, 1.54) is 0 Å². The Kier molecular flexibility index (Phi) is 4.93. The summed E-state index contributed by atoms with van der Waals surface area (Å²) in [6.45, 7) is 8.87. The van der Waals surface area contributed by atoms with Crippen molar-refractivity contribution in [2.45, 2.75) is 39.0 Å². The highest BCUT2D eigenvalue weighted by atomic mass is 16.5. The number of hydrazine groups is 1. The van der Waals surface area contributed by atoms with E-state index in [1.54, 1.807) is 6.20 Å². The van der Waals surface area contributed by atoms with Crippen molar-refractivity contribution in [2.75, 3.05) is 25.4 Å². The van der Waals surface area contributed by atoms with Crippen LogP contribution in [-0.4, -0.2) is 41.7 Å². The van der Waals surface area contributed by atoms with Crippen LogP contribution < -0.4 is 17.0 Å². The van der Waals surface area contributed by atoms with Gasteiger partial charge in [-0.3, -0.25) is 16.2 Å². The van der Waals surface area contributed by atoms with Gasteiger partial charge in [-0.15, -0.1) is 0 Å². The third-order valence-corrected chi connectivity index (χ3v) is 3.83. The third kappa shape index (κ3) is 3.27. The number of nitrogens with one attached hydrogen (secondary N) is 1. The molecule has 0 saturated carbocycles. The minimum Gasteiger partial charge on any atom is -0.383 e. The van der Waals surface area contributed by atoms with Gasteiger partial charge in [-0.25, -0.2) is 4.98 Å². The zero-order chi connectivity index (χ0) is 14.7. The summed E-state index contributed by atoms with van der Waals surface area (Å²) in [6.07, 6.45) is 1.73. The van der Waals surface area contributed by atoms with Gasteiger partial charge in [-0.1, -0.05) is 0 Å². The number of nitrogens with zero attached hydrogens (tertiary/aromatic N) is 2. The average Bonchev–Trinajstić information content (AvgIpc) is 2.44. The number of morpholine rings is 1. The van der Waals surface area contributed by atoms with Crippen molar-refractivity contribution in [3.63, 3.8) is 0 Å². The maximum Gasteiger partial charge on any atom is 0.128 e. The Morgan fingerprint density at radius 2 is 2.25 bits per heavy atom. The van der Waals surface area contributed by atoms with Crippen molar-refractivity contribution < 1.29 is 4.74 Å². The lowest BCUT2D eigenvalue weighted by atomic mass is 9.99. The van der Waals surface area contributed by atoms with Crippen LogP contribution >= 0.6 is 0 Å². The van der Waals surface area contributed by atoms with Gasteiger partial charge >= 0.3 is 0 Å². The Bertz CT molecular complexity index is 451. The van der Waals surface area contributed by atoms with E-state index in [0.29, 0.717) is 18.5 Å². The molecule has 0 amide bonds. The fourth-order valence-corrected chi connectivity index (χ4v) is 2.62. The fourth-order valence-electron chi connectivity index (χ4n) is 2.62. The summed E-state index contributed by atoms with van der Waals surface area (Å²) in [6, 6.07) is 2.36. The lowest BCUT2D eigenvalue weighted by molar-refractivity contribution is -0.0560. The van der Waals surface area contributed by atoms with Crippen molar-refractivity contribution in [2.24, 2.45) is 5.84 Å². The Labute approximate surface area is 120 Å². The molecule has 1 saturated heterocycles. The summed E-state index contributed by atoms with van der Waals surface area (Å²) in [4.78, 5) is 6.60. The summed E-state index contributed by atoms with van der Waals surface area (Å²) >= 11 is 0. The van der Waals surface area contributed by atoms with Gasteiger partial charge in [0.15, 0.2) is 0 Å². The second-order valence-electron chi connectivity index (χ2n) is 5.63. The summed E-state index contributed by atoms with van der Waals surface area (Å²) < 4.78 is 5.89. The molecule has 2 atom stereocenters. The lowest BCUT2D eigenvalue weighted by Crippen LogP contribution is -2.51. The zero-order valence-corrected chi connectivity index (χ0v) is 12.5. The summed E-state index contributed by atoms with van der Waals surface area (Å²) in [5, 5.41) is 0. The van der Waals surface area contributed by atoms with Crippen molar-refractivity contribution in [3.8, 4) is 0 Å². The molecule has 0 bridgehead atoms. The molecular formula is C14H25N5O. The highest BCUT2D eigenvalue weighted by Crippen LogP contribution is 2.26. The van der Waals surface area contributed by atoms with Gasteiger partial charge in [0.25, 0.3) is 0 Å². The molecule has 2 heterocycles. The molecule has 1 aliphatic heterocycles. The van der Waals surface area contributed by atoms with E-state index in [-0.39, 0.29) is 12.1 Å². The fraction of sp³-hybridized carbons (Fsp3) is 0.643. The van der Waals surface area contributed by atoms with E-state index in [1.807, 2.05) is 13.0 Å². The molecule has 6 nitrogen and oxygen atoms in total. The number of aryl methyl sites for hydroxylation is 1. The second-order valence-corrected chi connectivity index (χ2v) is 5.63. The number of aromatic nitrogens is 1. The highest BCUT2D eigenvalue weighted by molar-refractivity contribution is 5.43. The molecule has 5 N–H and O–H groups in total. The molecule has 20 heavy (non-hydrogen) atoms. The molecule has 1 fully saturated rings. The van der Waals surface area contributed by atoms with Gasteiger partial charge in [-0.2, -0.15) is 0 Å². The van der Waals surface area contributed by atoms with Gasteiger partial charge < -0.3 is 10.5 Å². The lowest BCUT2D eigenvalue weighted by Gasteiger charge is -2.39. The van der Waals surface area contributed by atoms with Crippen LogP contribution in [0.5, 0.6) is 0 Å². The van der Waals surface area contributed by atoms with Crippen molar-refractivity contribution in [1.82, 2.24) is 15.3 Å². The first kappa shape index (κ1) is 15.2. The molecular weight excluding hydrogens is 254 g/mol. The maximum absolute atomic E-state index is 5.99. The van der Waals surface area contributed by atoms with Crippen LogP contribution in [0, 0.1) is 6.92 Å². The molecule has 0 aliphatic carbocycles. The Morgan fingerprint density at radius 3 is 2.90 bits per heavy atom. The molecule has 6 heteroatoms. The Hall–Kier alpha value is -1.21. The van der Waals surface area contributed by atoms with E-state index in [4.69, 9.17) is 16.3 Å². The Balaban J connectivity index is 2.21. The van der Waals surface area contributed by atoms with Crippen LogP contribution in [0.25, 0.3) is 0 Å². The molecule has 1 aromatic heterocycles. The third-order valence-electron chi connectivity index (χ3n) is 3.83. The van der Waals surface area contributed by atoms with Gasteiger partial charge in [0.2, 0.25) is 0 Å². The van der Waals surface area contributed by atoms with Crippen LogP contribution in [-0.2, 0) is 4.74 Å². The van der Waals surface area contributed by atoms with E-state index >= 15 is 0 Å². The summed E-state index contributed by atoms with van der Waals surface area (Å²) in [5.74, 6) is 6.25. The van der Waals surface area contributed by atoms with Gasteiger partial charge in [0.1, 0.15) is 5.82 Å². The summed E-state index contributed by atoms with van der Waals surface area (Å²) in [7, 11) is 0. The molecule has 1 aromatic rings. The topological polar surface area (TPSA) is 89.4 Å². The molecule has 0 aromatic carbocycles. The monoisotopic (exact) mass is 279 g/mol. The van der Waals surface area contributed by atoms with Crippen molar-refractivity contribution in [1.29, 1.82) is 0 Å². The smallest absolute Gasteiger partial charge is 0.128 e. The minimum absolute atomic E-state index is 0.0259. The van der Waals surface area contributed by atoms with E-state index in [2.05, 4.69) is 29.2 Å².